The maximum absolute atomic E-state index is 12.5. The molecule has 0 atom stereocenters. The zero-order valence-corrected chi connectivity index (χ0v) is 16.4. The zero-order chi connectivity index (χ0) is 20.0. The molecule has 3 aromatic rings. The largest absolute Gasteiger partial charge is 0.453 e. The van der Waals surface area contributed by atoms with E-state index >= 15 is 0 Å². The van der Waals surface area contributed by atoms with Crippen molar-refractivity contribution in [3.05, 3.63) is 102 Å². The Balaban J connectivity index is 1.71. The van der Waals surface area contributed by atoms with Crippen LogP contribution in [0.4, 0.5) is 0 Å². The minimum atomic E-state index is -3.54. The first-order valence-electron chi connectivity index (χ1n) is 9.04. The number of rotatable bonds is 7. The Hall–Kier alpha value is -2.92. The van der Waals surface area contributed by atoms with Crippen LogP contribution in [0.5, 0.6) is 0 Å². The third-order valence-electron chi connectivity index (χ3n) is 4.41. The second-order valence-corrected chi connectivity index (χ2v) is 8.68. The van der Waals surface area contributed by atoms with Gasteiger partial charge < -0.3 is 4.74 Å². The van der Waals surface area contributed by atoms with Crippen molar-refractivity contribution in [1.82, 2.24) is 0 Å². The highest BCUT2D eigenvalue weighted by atomic mass is 32.2. The maximum Gasteiger partial charge on any atom is 0.307 e. The van der Waals surface area contributed by atoms with Crippen LogP contribution in [-0.4, -0.2) is 20.1 Å². The smallest absolute Gasteiger partial charge is 0.307 e. The molecule has 0 aromatic heterocycles. The Kier molecular flexibility index (Phi) is 6.26. The molecule has 0 fully saturated rings. The molecule has 0 aliphatic rings. The maximum atomic E-state index is 12.5. The Bertz CT molecular complexity index is 972. The fraction of sp³-hybridized carbons (Fsp3) is 0.174. The van der Waals surface area contributed by atoms with E-state index in [2.05, 4.69) is 0 Å². The van der Waals surface area contributed by atoms with E-state index < -0.39 is 21.9 Å². The number of sulfone groups is 1. The summed E-state index contributed by atoms with van der Waals surface area (Å²) in [6, 6.07) is 25.4. The zero-order valence-electron chi connectivity index (χ0n) is 15.6. The van der Waals surface area contributed by atoms with Gasteiger partial charge in [-0.1, -0.05) is 78.4 Å². The van der Waals surface area contributed by atoms with E-state index in [0.29, 0.717) is 0 Å². The van der Waals surface area contributed by atoms with Crippen LogP contribution >= 0.6 is 0 Å². The molecule has 0 bridgehead atoms. The van der Waals surface area contributed by atoms with E-state index in [1.807, 2.05) is 67.6 Å². The van der Waals surface area contributed by atoms with Crippen LogP contribution in [0.1, 0.15) is 29.2 Å². The molecular formula is C23H22O4S. The molecule has 0 spiro atoms. The summed E-state index contributed by atoms with van der Waals surface area (Å²) in [5.41, 5.74) is 2.65. The molecule has 3 aromatic carbocycles. The number of aryl methyl sites for hydroxylation is 1. The molecule has 0 radical (unpaired) electrons. The molecule has 144 valence electrons. The number of hydrogen-bond acceptors (Lipinski definition) is 4. The molecule has 0 saturated heterocycles. The first-order valence-corrected chi connectivity index (χ1v) is 10.7. The fourth-order valence-electron chi connectivity index (χ4n) is 2.86. The molecule has 0 aliphatic heterocycles. The lowest BCUT2D eigenvalue weighted by Crippen LogP contribution is -2.17. The van der Waals surface area contributed by atoms with E-state index in [1.165, 1.54) is 0 Å². The van der Waals surface area contributed by atoms with Crippen LogP contribution in [0.15, 0.2) is 89.8 Å². The lowest BCUT2D eigenvalue weighted by molar-refractivity contribution is -0.147. The first kappa shape index (κ1) is 19.8. The Morgan fingerprint density at radius 1 is 0.821 bits per heavy atom. The Labute approximate surface area is 165 Å². The molecule has 5 heteroatoms. The highest BCUT2D eigenvalue weighted by Gasteiger charge is 2.21. The van der Waals surface area contributed by atoms with Gasteiger partial charge in [0.15, 0.2) is 15.9 Å². The van der Waals surface area contributed by atoms with Gasteiger partial charge in [-0.05, 0) is 30.2 Å². The Morgan fingerprint density at radius 3 is 1.82 bits per heavy atom. The average Bonchev–Trinajstić information content (AvgIpc) is 2.72. The number of benzene rings is 3. The SMILES string of the molecule is Cc1ccc(S(=O)(=O)CCC(=O)OC(c2ccccc2)c2ccccc2)cc1. The third kappa shape index (κ3) is 5.08. The highest BCUT2D eigenvalue weighted by molar-refractivity contribution is 7.91. The molecule has 3 rings (SSSR count). The van der Waals surface area contributed by atoms with Gasteiger partial charge in [-0.25, -0.2) is 8.42 Å². The molecule has 28 heavy (non-hydrogen) atoms. The third-order valence-corrected chi connectivity index (χ3v) is 6.14. The van der Waals surface area contributed by atoms with E-state index in [9.17, 15) is 13.2 Å². The molecule has 0 heterocycles. The number of carbonyl (C=O) groups excluding carboxylic acids is 1. The predicted molar refractivity (Wildman–Crippen MR) is 109 cm³/mol. The van der Waals surface area contributed by atoms with Crippen LogP contribution in [0.2, 0.25) is 0 Å². The van der Waals surface area contributed by atoms with E-state index in [1.54, 1.807) is 24.3 Å². The normalized spacial score (nSPS) is 11.4. The summed E-state index contributed by atoms with van der Waals surface area (Å²) in [6.07, 6.45) is -0.774. The van der Waals surface area contributed by atoms with Gasteiger partial charge in [0.05, 0.1) is 17.1 Å². The number of carbonyl (C=O) groups is 1. The highest BCUT2D eigenvalue weighted by Crippen LogP contribution is 2.26. The van der Waals surface area contributed by atoms with E-state index in [-0.39, 0.29) is 17.1 Å². The summed E-state index contributed by atoms with van der Waals surface area (Å²) >= 11 is 0. The summed E-state index contributed by atoms with van der Waals surface area (Å²) in [6.45, 7) is 1.89. The van der Waals surface area contributed by atoms with Crippen LogP contribution < -0.4 is 0 Å². The van der Waals surface area contributed by atoms with Crippen LogP contribution in [-0.2, 0) is 19.4 Å². The van der Waals surface area contributed by atoms with Gasteiger partial charge in [-0.2, -0.15) is 0 Å². The van der Waals surface area contributed by atoms with Crippen LogP contribution in [0, 0.1) is 6.92 Å². The topological polar surface area (TPSA) is 60.4 Å². The number of ether oxygens (including phenoxy) is 1. The monoisotopic (exact) mass is 394 g/mol. The van der Waals surface area contributed by atoms with Crippen molar-refractivity contribution in [3.8, 4) is 0 Å². The van der Waals surface area contributed by atoms with Gasteiger partial charge in [0.1, 0.15) is 0 Å². The standard InChI is InChI=1S/C23H22O4S/c1-18-12-14-21(15-13-18)28(25,26)17-16-22(24)27-23(19-8-4-2-5-9-19)20-10-6-3-7-11-20/h2-15,23H,16-17H2,1H3. The summed E-state index contributed by atoms with van der Waals surface area (Å²) in [4.78, 5) is 12.7. The second-order valence-electron chi connectivity index (χ2n) is 6.57. The van der Waals surface area contributed by atoms with Crippen LogP contribution in [0.25, 0.3) is 0 Å². The summed E-state index contributed by atoms with van der Waals surface area (Å²) in [5.74, 6) is -0.834. The van der Waals surface area contributed by atoms with Crippen molar-refractivity contribution in [2.75, 3.05) is 5.75 Å². The van der Waals surface area contributed by atoms with E-state index in [0.717, 1.165) is 16.7 Å². The van der Waals surface area contributed by atoms with Gasteiger partial charge in [-0.3, -0.25) is 4.79 Å². The van der Waals surface area contributed by atoms with Gasteiger partial charge in [0.2, 0.25) is 0 Å². The van der Waals surface area contributed by atoms with E-state index in [4.69, 9.17) is 4.74 Å². The van der Waals surface area contributed by atoms with Crippen LogP contribution in [0.3, 0.4) is 0 Å². The fourth-order valence-corrected chi connectivity index (χ4v) is 4.08. The van der Waals surface area contributed by atoms with Gasteiger partial charge in [0, 0.05) is 0 Å². The summed E-state index contributed by atoms with van der Waals surface area (Å²) < 4.78 is 30.6. The summed E-state index contributed by atoms with van der Waals surface area (Å²) in [5, 5.41) is 0. The molecule has 0 N–H and O–H groups in total. The first-order chi connectivity index (χ1) is 13.5. The van der Waals surface area contributed by atoms with Crippen molar-refractivity contribution in [2.45, 2.75) is 24.3 Å². The van der Waals surface area contributed by atoms with Crippen molar-refractivity contribution in [1.29, 1.82) is 0 Å². The lowest BCUT2D eigenvalue weighted by atomic mass is 10.0. The van der Waals surface area contributed by atoms with Crippen molar-refractivity contribution in [3.63, 3.8) is 0 Å². The lowest BCUT2D eigenvalue weighted by Gasteiger charge is -2.19. The molecular weight excluding hydrogens is 372 g/mol. The van der Waals surface area contributed by atoms with Gasteiger partial charge in [-0.15, -0.1) is 0 Å². The quantitative estimate of drug-likeness (QED) is 0.554. The average molecular weight is 394 g/mol. The molecule has 0 aliphatic carbocycles. The molecule has 0 unspecified atom stereocenters. The number of esters is 1. The minimum absolute atomic E-state index is 0.202. The predicted octanol–water partition coefficient (Wildman–Crippen LogP) is 4.49. The Morgan fingerprint density at radius 2 is 1.32 bits per heavy atom. The molecule has 0 amide bonds. The second kappa shape index (κ2) is 8.85. The molecule has 4 nitrogen and oxygen atoms in total. The van der Waals surface area contributed by atoms with Crippen molar-refractivity contribution < 1.29 is 17.9 Å². The van der Waals surface area contributed by atoms with Gasteiger partial charge >= 0.3 is 5.97 Å². The van der Waals surface area contributed by atoms with Gasteiger partial charge in [0.25, 0.3) is 0 Å². The number of hydrogen-bond donors (Lipinski definition) is 0. The van der Waals surface area contributed by atoms with Crippen molar-refractivity contribution >= 4 is 15.8 Å². The molecule has 0 saturated carbocycles. The minimum Gasteiger partial charge on any atom is -0.453 e. The summed E-state index contributed by atoms with van der Waals surface area (Å²) in [7, 11) is -3.54. The van der Waals surface area contributed by atoms with Crippen molar-refractivity contribution in [2.24, 2.45) is 0 Å².